The van der Waals surface area contributed by atoms with Crippen molar-refractivity contribution in [2.45, 2.75) is 74.4 Å². The van der Waals surface area contributed by atoms with Gasteiger partial charge in [0.05, 0.1) is 0 Å². The van der Waals surface area contributed by atoms with Gasteiger partial charge in [-0.3, -0.25) is 0 Å². The van der Waals surface area contributed by atoms with Gasteiger partial charge in [-0.2, -0.15) is 0 Å². The van der Waals surface area contributed by atoms with Crippen molar-refractivity contribution in [3.05, 3.63) is 35.4 Å². The first kappa shape index (κ1) is 18.5. The van der Waals surface area contributed by atoms with Gasteiger partial charge in [-0.15, -0.1) is 0 Å². The number of hydrogen-bond acceptors (Lipinski definition) is 0. The van der Waals surface area contributed by atoms with E-state index in [1.54, 1.807) is 11.1 Å². The van der Waals surface area contributed by atoms with E-state index in [-0.39, 0.29) is 8.18 Å². The molecule has 1 rings (SSSR count). The predicted molar refractivity (Wildman–Crippen MR) is 91.7 cm³/mol. The van der Waals surface area contributed by atoms with Crippen LogP contribution in [0.5, 0.6) is 0 Å². The second-order valence-electron chi connectivity index (χ2n) is 7.52. The standard InChI is InChI=1S/C18H28.2Li/c1-5-7-11-15(3)17-13-9-10-14-18(17)16(4)12-8-6-2;;/h9-10,13-14H,5-8,11-12H2,1-4H3;;. The summed E-state index contributed by atoms with van der Waals surface area (Å²) in [6.07, 6.45) is 7.76. The Morgan fingerprint density at radius 3 is 1.45 bits per heavy atom. The van der Waals surface area contributed by atoms with E-state index in [0.29, 0.717) is 0 Å². The predicted octanol–water partition coefficient (Wildman–Crippen LogP) is 4.83. The van der Waals surface area contributed by atoms with Crippen molar-refractivity contribution >= 4 is 35.4 Å². The normalized spacial score (nSPS) is 17.6. The molecule has 0 aliphatic heterocycles. The third kappa shape index (κ3) is 5.00. The molecule has 0 nitrogen and oxygen atoms in total. The summed E-state index contributed by atoms with van der Waals surface area (Å²) in [5.41, 5.74) is 3.13. The van der Waals surface area contributed by atoms with E-state index in [4.69, 9.17) is 0 Å². The van der Waals surface area contributed by atoms with Crippen LogP contribution >= 0.6 is 0 Å². The molecule has 0 N–H and O–H groups in total. The van der Waals surface area contributed by atoms with Crippen molar-refractivity contribution in [3.63, 3.8) is 0 Å². The molecule has 0 saturated carbocycles. The molecule has 1 aromatic carbocycles. The van der Waals surface area contributed by atoms with Gasteiger partial charge in [0.2, 0.25) is 0 Å². The Morgan fingerprint density at radius 1 is 0.800 bits per heavy atom. The second-order valence-corrected chi connectivity index (χ2v) is 7.52. The Bertz CT molecular complexity index is 369. The van der Waals surface area contributed by atoms with Crippen LogP contribution < -0.4 is 0 Å². The molecule has 0 aliphatic rings. The van der Waals surface area contributed by atoms with Crippen LogP contribution in [0.2, 0.25) is 0 Å². The number of unbranched alkanes of at least 4 members (excludes halogenated alkanes) is 2. The Hall–Kier alpha value is 0.415. The average Bonchev–Trinajstić information content (AvgIpc) is 2.43. The Morgan fingerprint density at radius 2 is 1.15 bits per heavy atom. The topological polar surface area (TPSA) is 0 Å². The van der Waals surface area contributed by atoms with Crippen LogP contribution in [0.15, 0.2) is 24.3 Å². The number of benzene rings is 1. The quantitative estimate of drug-likeness (QED) is 0.586. The van der Waals surface area contributed by atoms with E-state index in [2.05, 4.69) is 87.4 Å². The molecule has 1 aromatic rings. The Labute approximate surface area is 144 Å². The molecule has 0 saturated heterocycles. The Balaban J connectivity index is 3.09. The SMILES string of the molecule is [Li][C](C)(CCCC)c1ccccc1[C]([Li])(C)CCCC. The number of hydrogen-bond donors (Lipinski definition) is 0. The second kappa shape index (κ2) is 8.15. The monoisotopic (exact) mass is 258 g/mol. The van der Waals surface area contributed by atoms with Crippen LogP contribution in [-0.4, -0.2) is 35.4 Å². The van der Waals surface area contributed by atoms with Gasteiger partial charge in [-0.25, -0.2) is 0 Å². The fourth-order valence-corrected chi connectivity index (χ4v) is 3.17. The molecule has 0 spiro atoms. The van der Waals surface area contributed by atoms with E-state index >= 15 is 0 Å². The third-order valence-corrected chi connectivity index (χ3v) is 4.70. The summed E-state index contributed by atoms with van der Waals surface area (Å²) in [6, 6.07) is 9.14. The molecule has 0 aliphatic carbocycles. The zero-order chi connectivity index (χ0) is 15.2. The summed E-state index contributed by atoms with van der Waals surface area (Å²) in [5.74, 6) is 0. The van der Waals surface area contributed by atoms with Crippen LogP contribution in [0.25, 0.3) is 0 Å². The summed E-state index contributed by atoms with van der Waals surface area (Å²) in [6.45, 7) is 9.40. The maximum absolute atomic E-state index is 2.41. The summed E-state index contributed by atoms with van der Waals surface area (Å²) >= 11 is 4.83. The summed E-state index contributed by atoms with van der Waals surface area (Å²) < 4.78 is 0.576. The summed E-state index contributed by atoms with van der Waals surface area (Å²) in [4.78, 5) is 0. The molecule has 2 unspecified atom stereocenters. The zero-order valence-corrected chi connectivity index (χ0v) is 14.6. The first-order chi connectivity index (χ1) is 9.35. The van der Waals surface area contributed by atoms with Gasteiger partial charge in [0, 0.05) is 0 Å². The molecule has 0 fully saturated rings. The Kier molecular flexibility index (Phi) is 7.53. The molecule has 2 heteroatoms. The van der Waals surface area contributed by atoms with Crippen molar-refractivity contribution in [3.8, 4) is 0 Å². The van der Waals surface area contributed by atoms with Crippen molar-refractivity contribution < 1.29 is 0 Å². The van der Waals surface area contributed by atoms with Crippen LogP contribution in [0.1, 0.15) is 77.3 Å². The zero-order valence-electron chi connectivity index (χ0n) is 14.6. The van der Waals surface area contributed by atoms with Gasteiger partial charge < -0.3 is 0 Å². The van der Waals surface area contributed by atoms with E-state index in [9.17, 15) is 0 Å². The van der Waals surface area contributed by atoms with Crippen LogP contribution in [-0.2, 0) is 8.18 Å². The van der Waals surface area contributed by atoms with Gasteiger partial charge in [0.15, 0.2) is 0 Å². The molecule has 2 atom stereocenters. The van der Waals surface area contributed by atoms with E-state index < -0.39 is 0 Å². The van der Waals surface area contributed by atoms with Gasteiger partial charge in [0.1, 0.15) is 0 Å². The molecule has 0 amide bonds. The van der Waals surface area contributed by atoms with Crippen molar-refractivity contribution in [1.82, 2.24) is 0 Å². The minimum absolute atomic E-state index is 0.288. The first-order valence-electron chi connectivity index (χ1n) is 8.45. The first-order valence-corrected chi connectivity index (χ1v) is 8.45. The van der Waals surface area contributed by atoms with Crippen molar-refractivity contribution in [1.29, 1.82) is 0 Å². The maximum atomic E-state index is 2.41. The van der Waals surface area contributed by atoms with Gasteiger partial charge >= 0.3 is 145 Å². The fourth-order valence-electron chi connectivity index (χ4n) is 3.17. The van der Waals surface area contributed by atoms with Crippen LogP contribution in [0.3, 0.4) is 0 Å². The fraction of sp³-hybridized carbons (Fsp3) is 0.667. The minimum atomic E-state index is 0.288. The molecule has 102 valence electrons. The summed E-state index contributed by atoms with van der Waals surface area (Å²) in [5, 5.41) is 0. The van der Waals surface area contributed by atoms with E-state index in [0.717, 1.165) is 0 Å². The molecule has 0 radical (unpaired) electrons. The van der Waals surface area contributed by atoms with Gasteiger partial charge in [0.25, 0.3) is 0 Å². The van der Waals surface area contributed by atoms with Gasteiger partial charge in [-0.05, 0) is 0 Å². The average molecular weight is 258 g/mol. The molecule has 0 bridgehead atoms. The molecule has 0 aromatic heterocycles. The van der Waals surface area contributed by atoms with E-state index in [1.807, 2.05) is 0 Å². The molecular weight excluding hydrogens is 230 g/mol. The van der Waals surface area contributed by atoms with E-state index in [1.165, 1.54) is 38.5 Å². The van der Waals surface area contributed by atoms with Crippen LogP contribution in [0.4, 0.5) is 0 Å². The molecule has 0 heterocycles. The molecule has 20 heavy (non-hydrogen) atoms. The number of rotatable bonds is 8. The van der Waals surface area contributed by atoms with Gasteiger partial charge in [-0.1, -0.05) is 0 Å². The van der Waals surface area contributed by atoms with Crippen LogP contribution in [0, 0.1) is 0 Å². The third-order valence-electron chi connectivity index (χ3n) is 4.70. The summed E-state index contributed by atoms with van der Waals surface area (Å²) in [7, 11) is 0. The van der Waals surface area contributed by atoms with Crippen molar-refractivity contribution in [2.24, 2.45) is 0 Å². The van der Waals surface area contributed by atoms with Crippen molar-refractivity contribution in [2.75, 3.05) is 0 Å². The molecular formula is C18H28Li2.